The molecule has 0 heterocycles. The molecule has 0 aromatic rings. The maximum absolute atomic E-state index is 2.31. The van der Waals surface area contributed by atoms with Crippen LogP contribution in [0.4, 0.5) is 0 Å². The topological polar surface area (TPSA) is 0 Å². The van der Waals surface area contributed by atoms with Crippen molar-refractivity contribution >= 4 is 0 Å². The van der Waals surface area contributed by atoms with Gasteiger partial charge in [0, 0.05) is 0 Å². The molecular weight excluding hydrogens is 156 g/mol. The van der Waals surface area contributed by atoms with Gasteiger partial charge in [0.2, 0.25) is 0 Å². The molecule has 0 bridgehead atoms. The first-order valence-corrected chi connectivity index (χ1v) is 5.71. The third kappa shape index (κ3) is 11.5. The molecule has 0 N–H and O–H groups in total. The first-order valence-electron chi connectivity index (χ1n) is 5.71. The number of unbranched alkanes of at least 4 members (excludes halogenated alkanes) is 4. The largest absolute Gasteiger partial charge is 0.0882 e. The van der Waals surface area contributed by atoms with E-state index in [2.05, 4.69) is 38.2 Å². The Morgan fingerprint density at radius 2 is 1.38 bits per heavy atom. The molecule has 0 rings (SSSR count). The molecule has 0 saturated heterocycles. The van der Waals surface area contributed by atoms with Crippen LogP contribution in [0.25, 0.3) is 0 Å². The molecule has 0 atom stereocenters. The van der Waals surface area contributed by atoms with Gasteiger partial charge in [0.15, 0.2) is 0 Å². The fourth-order valence-corrected chi connectivity index (χ4v) is 1.19. The predicted molar refractivity (Wildman–Crippen MR) is 61.9 cm³/mol. The normalized spacial score (nSPS) is 11.8. The Kier molecular flexibility index (Phi) is 11.0. The van der Waals surface area contributed by atoms with Crippen molar-refractivity contribution < 1.29 is 0 Å². The maximum atomic E-state index is 2.31. The average molecular weight is 180 g/mol. The molecule has 0 aliphatic carbocycles. The van der Waals surface area contributed by atoms with E-state index in [1.165, 1.54) is 38.5 Å². The summed E-state index contributed by atoms with van der Waals surface area (Å²) in [6.45, 7) is 4.46. The molecule has 76 valence electrons. The second-order valence-electron chi connectivity index (χ2n) is 3.46. The van der Waals surface area contributed by atoms with Crippen molar-refractivity contribution in [2.45, 2.75) is 58.8 Å². The van der Waals surface area contributed by atoms with Crippen LogP contribution >= 0.6 is 0 Å². The average Bonchev–Trinajstić information content (AvgIpc) is 2.16. The fraction of sp³-hybridized carbons (Fsp3) is 0.692. The van der Waals surface area contributed by atoms with E-state index < -0.39 is 0 Å². The van der Waals surface area contributed by atoms with Gasteiger partial charge in [-0.2, -0.15) is 0 Å². The van der Waals surface area contributed by atoms with E-state index in [0.29, 0.717) is 0 Å². The molecule has 0 heteroatoms. The molecule has 0 unspecified atom stereocenters. The van der Waals surface area contributed by atoms with E-state index in [1.54, 1.807) is 0 Å². The van der Waals surface area contributed by atoms with Gasteiger partial charge in [0.1, 0.15) is 0 Å². The van der Waals surface area contributed by atoms with Crippen LogP contribution in [0.2, 0.25) is 0 Å². The van der Waals surface area contributed by atoms with Gasteiger partial charge in [-0.1, -0.05) is 57.4 Å². The van der Waals surface area contributed by atoms with Gasteiger partial charge in [0.25, 0.3) is 0 Å². The second kappa shape index (κ2) is 11.5. The lowest BCUT2D eigenvalue weighted by Crippen LogP contribution is -1.70. The molecule has 0 saturated carbocycles. The quantitative estimate of drug-likeness (QED) is 0.369. The van der Waals surface area contributed by atoms with Crippen molar-refractivity contribution in [1.29, 1.82) is 0 Å². The SMILES string of the molecule is CCC/C=C/C/C=C\CCCCC. The molecule has 0 spiro atoms. The lowest BCUT2D eigenvalue weighted by molar-refractivity contribution is 0.728. The Balaban J connectivity index is 3.11. The lowest BCUT2D eigenvalue weighted by Gasteiger charge is -1.90. The zero-order chi connectivity index (χ0) is 9.78. The van der Waals surface area contributed by atoms with Crippen LogP contribution in [0, 0.1) is 0 Å². The summed E-state index contributed by atoms with van der Waals surface area (Å²) in [7, 11) is 0. The van der Waals surface area contributed by atoms with Crippen LogP contribution < -0.4 is 0 Å². The zero-order valence-corrected chi connectivity index (χ0v) is 9.26. The smallest absolute Gasteiger partial charge is 0.0169 e. The van der Waals surface area contributed by atoms with Gasteiger partial charge in [-0.05, 0) is 25.7 Å². The number of allylic oxidation sites excluding steroid dienone is 4. The minimum Gasteiger partial charge on any atom is -0.0882 e. The third-order valence-electron chi connectivity index (χ3n) is 2.04. The summed E-state index contributed by atoms with van der Waals surface area (Å²) in [4.78, 5) is 0. The van der Waals surface area contributed by atoms with E-state index in [4.69, 9.17) is 0 Å². The summed E-state index contributed by atoms with van der Waals surface area (Å²) in [5.41, 5.74) is 0. The van der Waals surface area contributed by atoms with Gasteiger partial charge >= 0.3 is 0 Å². The van der Waals surface area contributed by atoms with Gasteiger partial charge in [-0.15, -0.1) is 0 Å². The van der Waals surface area contributed by atoms with Crippen molar-refractivity contribution in [2.24, 2.45) is 0 Å². The summed E-state index contributed by atoms with van der Waals surface area (Å²) in [6.07, 6.45) is 18.0. The van der Waals surface area contributed by atoms with Crippen molar-refractivity contribution in [1.82, 2.24) is 0 Å². The Morgan fingerprint density at radius 3 is 2.00 bits per heavy atom. The minimum atomic E-state index is 1.12. The molecule has 0 aliphatic rings. The fourth-order valence-electron chi connectivity index (χ4n) is 1.19. The van der Waals surface area contributed by atoms with Crippen LogP contribution in [0.3, 0.4) is 0 Å². The van der Waals surface area contributed by atoms with E-state index >= 15 is 0 Å². The summed E-state index contributed by atoms with van der Waals surface area (Å²) in [6, 6.07) is 0. The highest BCUT2D eigenvalue weighted by Gasteiger charge is 1.80. The maximum Gasteiger partial charge on any atom is -0.0169 e. The standard InChI is InChI=1S/C13H24/c1-3-5-7-9-11-13-12-10-8-6-4-2/h7,9,12-13H,3-6,8,10-11H2,1-2H3/b9-7+,13-12-. The zero-order valence-electron chi connectivity index (χ0n) is 9.26. The monoisotopic (exact) mass is 180 g/mol. The third-order valence-corrected chi connectivity index (χ3v) is 2.04. The Morgan fingerprint density at radius 1 is 0.692 bits per heavy atom. The molecule has 0 aliphatic heterocycles. The van der Waals surface area contributed by atoms with Crippen LogP contribution in [0.5, 0.6) is 0 Å². The van der Waals surface area contributed by atoms with Gasteiger partial charge < -0.3 is 0 Å². The highest BCUT2D eigenvalue weighted by atomic mass is 13.9. The number of rotatable bonds is 8. The first-order chi connectivity index (χ1) is 6.41. The molecule has 0 fully saturated rings. The van der Waals surface area contributed by atoms with E-state index in [9.17, 15) is 0 Å². The van der Waals surface area contributed by atoms with Gasteiger partial charge in [-0.3, -0.25) is 0 Å². The molecule has 0 radical (unpaired) electrons. The molecular formula is C13H24. The van der Waals surface area contributed by atoms with Crippen LogP contribution in [0.15, 0.2) is 24.3 Å². The molecule has 0 aromatic heterocycles. The molecule has 0 amide bonds. The van der Waals surface area contributed by atoms with Crippen LogP contribution in [0.1, 0.15) is 58.8 Å². The van der Waals surface area contributed by atoms with Gasteiger partial charge in [-0.25, -0.2) is 0 Å². The first kappa shape index (κ1) is 12.5. The Hall–Kier alpha value is -0.520. The lowest BCUT2D eigenvalue weighted by atomic mass is 10.2. The highest BCUT2D eigenvalue weighted by molar-refractivity contribution is 4.92. The molecule has 0 nitrogen and oxygen atoms in total. The number of hydrogen-bond donors (Lipinski definition) is 0. The van der Waals surface area contributed by atoms with E-state index in [1.807, 2.05) is 0 Å². The second-order valence-corrected chi connectivity index (χ2v) is 3.46. The van der Waals surface area contributed by atoms with Crippen molar-refractivity contribution in [3.05, 3.63) is 24.3 Å². The summed E-state index contributed by atoms with van der Waals surface area (Å²) >= 11 is 0. The summed E-state index contributed by atoms with van der Waals surface area (Å²) < 4.78 is 0. The highest BCUT2D eigenvalue weighted by Crippen LogP contribution is 2.00. The Labute approximate surface area is 83.7 Å². The van der Waals surface area contributed by atoms with Crippen LogP contribution in [-0.4, -0.2) is 0 Å². The summed E-state index contributed by atoms with van der Waals surface area (Å²) in [5, 5.41) is 0. The Bertz CT molecular complexity index is 131. The van der Waals surface area contributed by atoms with Crippen molar-refractivity contribution in [3.8, 4) is 0 Å². The van der Waals surface area contributed by atoms with Gasteiger partial charge in [0.05, 0.1) is 0 Å². The molecule has 13 heavy (non-hydrogen) atoms. The predicted octanol–water partition coefficient (Wildman–Crippen LogP) is 4.87. The molecule has 0 aromatic carbocycles. The summed E-state index contributed by atoms with van der Waals surface area (Å²) in [5.74, 6) is 0. The van der Waals surface area contributed by atoms with Crippen molar-refractivity contribution in [3.63, 3.8) is 0 Å². The van der Waals surface area contributed by atoms with E-state index in [0.717, 1.165) is 6.42 Å². The van der Waals surface area contributed by atoms with Crippen LogP contribution in [-0.2, 0) is 0 Å². The number of hydrogen-bond acceptors (Lipinski definition) is 0. The van der Waals surface area contributed by atoms with Crippen molar-refractivity contribution in [2.75, 3.05) is 0 Å². The van der Waals surface area contributed by atoms with E-state index in [-0.39, 0.29) is 0 Å². The minimum absolute atomic E-state index is 1.12.